The SMILES string of the molecule is CCCNC(=O)[C@H](CC)N(Cc1ccccc1)C(=O)CN(c1ccc(OCC)cc1)S(C)(=O)=O. The van der Waals surface area contributed by atoms with E-state index in [-0.39, 0.29) is 12.5 Å². The van der Waals surface area contributed by atoms with Gasteiger partial charge in [-0.15, -0.1) is 0 Å². The van der Waals surface area contributed by atoms with E-state index in [0.29, 0.717) is 31.0 Å². The maximum atomic E-state index is 13.5. The molecule has 0 saturated heterocycles. The summed E-state index contributed by atoms with van der Waals surface area (Å²) in [7, 11) is -3.77. The molecule has 2 amide bonds. The topological polar surface area (TPSA) is 96.0 Å². The van der Waals surface area contributed by atoms with Gasteiger partial charge in [-0.25, -0.2) is 8.42 Å². The molecule has 0 aliphatic carbocycles. The quantitative estimate of drug-likeness (QED) is 0.466. The van der Waals surface area contributed by atoms with Crippen LogP contribution in [-0.2, 0) is 26.2 Å². The van der Waals surface area contributed by atoms with Crippen molar-refractivity contribution < 1.29 is 22.7 Å². The Kier molecular flexibility index (Phi) is 10.4. The predicted octanol–water partition coefficient (Wildman–Crippen LogP) is 3.18. The lowest BCUT2D eigenvalue weighted by Crippen LogP contribution is -2.52. The summed E-state index contributed by atoms with van der Waals surface area (Å²) >= 11 is 0. The van der Waals surface area contributed by atoms with E-state index in [4.69, 9.17) is 4.74 Å². The maximum Gasteiger partial charge on any atom is 0.244 e. The van der Waals surface area contributed by atoms with Crippen LogP contribution in [0.4, 0.5) is 5.69 Å². The molecule has 34 heavy (non-hydrogen) atoms. The molecule has 1 N–H and O–H groups in total. The van der Waals surface area contributed by atoms with Crippen molar-refractivity contribution in [1.29, 1.82) is 0 Å². The monoisotopic (exact) mass is 489 g/mol. The summed E-state index contributed by atoms with van der Waals surface area (Å²) in [6.45, 7) is 6.41. The van der Waals surface area contributed by atoms with Gasteiger partial charge < -0.3 is 15.0 Å². The van der Waals surface area contributed by atoms with Gasteiger partial charge in [0.15, 0.2) is 0 Å². The number of hydrogen-bond donors (Lipinski definition) is 1. The number of anilines is 1. The van der Waals surface area contributed by atoms with Gasteiger partial charge >= 0.3 is 0 Å². The molecule has 2 aromatic rings. The molecular formula is C25H35N3O5S. The van der Waals surface area contributed by atoms with Crippen molar-refractivity contribution in [2.24, 2.45) is 0 Å². The lowest BCUT2D eigenvalue weighted by atomic mass is 10.1. The summed E-state index contributed by atoms with van der Waals surface area (Å²) in [5.74, 6) is -0.0994. The molecule has 9 heteroatoms. The lowest BCUT2D eigenvalue weighted by molar-refractivity contribution is -0.140. The number of nitrogens with one attached hydrogen (secondary N) is 1. The molecule has 0 radical (unpaired) electrons. The van der Waals surface area contributed by atoms with Gasteiger partial charge in [-0.3, -0.25) is 13.9 Å². The van der Waals surface area contributed by atoms with E-state index in [9.17, 15) is 18.0 Å². The highest BCUT2D eigenvalue weighted by Crippen LogP contribution is 2.23. The Morgan fingerprint density at radius 2 is 1.65 bits per heavy atom. The minimum Gasteiger partial charge on any atom is -0.494 e. The molecule has 0 unspecified atom stereocenters. The fourth-order valence-corrected chi connectivity index (χ4v) is 4.40. The van der Waals surface area contributed by atoms with Gasteiger partial charge in [0.25, 0.3) is 0 Å². The predicted molar refractivity (Wildman–Crippen MR) is 134 cm³/mol. The molecule has 0 saturated carbocycles. The summed E-state index contributed by atoms with van der Waals surface area (Å²) in [5.41, 5.74) is 1.20. The molecular weight excluding hydrogens is 454 g/mol. The zero-order valence-electron chi connectivity index (χ0n) is 20.4. The second-order valence-corrected chi connectivity index (χ2v) is 9.83. The zero-order chi connectivity index (χ0) is 25.1. The first-order valence-electron chi connectivity index (χ1n) is 11.5. The van der Waals surface area contributed by atoms with Crippen LogP contribution in [0.5, 0.6) is 5.75 Å². The van der Waals surface area contributed by atoms with E-state index >= 15 is 0 Å². The van der Waals surface area contributed by atoms with Gasteiger partial charge in [0.1, 0.15) is 18.3 Å². The third-order valence-electron chi connectivity index (χ3n) is 5.25. The van der Waals surface area contributed by atoms with Gasteiger partial charge in [0.2, 0.25) is 21.8 Å². The summed E-state index contributed by atoms with van der Waals surface area (Å²) in [5, 5.41) is 2.86. The molecule has 0 aliphatic heterocycles. The molecule has 0 bridgehead atoms. The number of carbonyl (C=O) groups excluding carboxylic acids is 2. The third kappa shape index (κ3) is 7.76. The van der Waals surface area contributed by atoms with Gasteiger partial charge in [0.05, 0.1) is 18.6 Å². The van der Waals surface area contributed by atoms with Crippen LogP contribution < -0.4 is 14.4 Å². The minimum atomic E-state index is -3.77. The number of nitrogens with zero attached hydrogens (tertiary/aromatic N) is 2. The van der Waals surface area contributed by atoms with Crippen LogP contribution in [0.1, 0.15) is 39.2 Å². The first-order valence-corrected chi connectivity index (χ1v) is 13.4. The number of carbonyl (C=O) groups is 2. The first-order chi connectivity index (χ1) is 16.2. The molecule has 0 fully saturated rings. The number of benzene rings is 2. The molecule has 0 aromatic heterocycles. The highest BCUT2D eigenvalue weighted by molar-refractivity contribution is 7.92. The Bertz CT molecular complexity index is 1030. The van der Waals surface area contributed by atoms with Gasteiger partial charge in [-0.1, -0.05) is 44.2 Å². The van der Waals surface area contributed by atoms with Gasteiger partial charge in [-0.2, -0.15) is 0 Å². The molecule has 186 valence electrons. The normalized spacial score (nSPS) is 12.0. The van der Waals surface area contributed by atoms with Crippen molar-refractivity contribution in [3.05, 3.63) is 60.2 Å². The van der Waals surface area contributed by atoms with Crippen LogP contribution in [0.3, 0.4) is 0 Å². The maximum absolute atomic E-state index is 13.5. The fraction of sp³-hybridized carbons (Fsp3) is 0.440. The molecule has 2 rings (SSSR count). The highest BCUT2D eigenvalue weighted by atomic mass is 32.2. The van der Waals surface area contributed by atoms with E-state index in [1.54, 1.807) is 24.3 Å². The first kappa shape index (κ1) is 27.2. The van der Waals surface area contributed by atoms with Crippen LogP contribution in [-0.4, -0.2) is 57.1 Å². The summed E-state index contributed by atoms with van der Waals surface area (Å²) < 4.78 is 31.7. The smallest absolute Gasteiger partial charge is 0.244 e. The number of ether oxygens (including phenoxy) is 1. The van der Waals surface area contributed by atoms with Crippen LogP contribution in [0.15, 0.2) is 54.6 Å². The van der Waals surface area contributed by atoms with Crippen molar-refractivity contribution in [1.82, 2.24) is 10.2 Å². The molecule has 0 heterocycles. The lowest BCUT2D eigenvalue weighted by Gasteiger charge is -2.32. The molecule has 8 nitrogen and oxygen atoms in total. The molecule has 1 atom stereocenters. The Hall–Kier alpha value is -3.07. The van der Waals surface area contributed by atoms with Crippen molar-refractivity contribution in [3.8, 4) is 5.75 Å². The summed E-state index contributed by atoms with van der Waals surface area (Å²) in [6.07, 6.45) is 2.23. The Morgan fingerprint density at radius 1 is 1.00 bits per heavy atom. The third-order valence-corrected chi connectivity index (χ3v) is 6.39. The number of amides is 2. The number of sulfonamides is 1. The summed E-state index contributed by atoms with van der Waals surface area (Å²) in [4.78, 5) is 27.9. The second kappa shape index (κ2) is 13.0. The van der Waals surface area contributed by atoms with Gasteiger partial charge in [-0.05, 0) is 49.6 Å². The van der Waals surface area contributed by atoms with Crippen molar-refractivity contribution in [2.45, 2.75) is 46.2 Å². The number of hydrogen-bond acceptors (Lipinski definition) is 5. The van der Waals surface area contributed by atoms with Crippen LogP contribution in [0, 0.1) is 0 Å². The standard InChI is InChI=1S/C25H35N3O5S/c1-5-17-26-25(30)23(6-2)27(18-20-11-9-8-10-12-20)24(29)19-28(34(4,31)32)21-13-15-22(16-14-21)33-7-3/h8-16,23H,5-7,17-19H2,1-4H3,(H,26,30)/t23-/m0/s1. The minimum absolute atomic E-state index is 0.193. The molecule has 2 aromatic carbocycles. The second-order valence-electron chi connectivity index (χ2n) is 7.92. The Balaban J connectivity index is 2.37. The highest BCUT2D eigenvalue weighted by Gasteiger charge is 2.31. The average molecular weight is 490 g/mol. The largest absolute Gasteiger partial charge is 0.494 e. The van der Waals surface area contributed by atoms with Crippen LogP contribution >= 0.6 is 0 Å². The average Bonchev–Trinajstić information content (AvgIpc) is 2.81. The van der Waals surface area contributed by atoms with E-state index < -0.39 is 28.5 Å². The van der Waals surface area contributed by atoms with Crippen molar-refractivity contribution >= 4 is 27.5 Å². The Labute approximate surface area is 202 Å². The molecule has 0 spiro atoms. The molecule has 0 aliphatic rings. The fourth-order valence-electron chi connectivity index (χ4n) is 3.55. The van der Waals surface area contributed by atoms with Gasteiger partial charge in [0, 0.05) is 13.1 Å². The van der Waals surface area contributed by atoms with E-state index in [2.05, 4.69) is 5.32 Å². The Morgan fingerprint density at radius 3 is 2.18 bits per heavy atom. The van der Waals surface area contributed by atoms with Crippen molar-refractivity contribution in [3.63, 3.8) is 0 Å². The van der Waals surface area contributed by atoms with Crippen molar-refractivity contribution in [2.75, 3.05) is 30.3 Å². The van der Waals surface area contributed by atoms with E-state index in [0.717, 1.165) is 22.5 Å². The van der Waals surface area contributed by atoms with Crippen LogP contribution in [0.2, 0.25) is 0 Å². The summed E-state index contributed by atoms with van der Waals surface area (Å²) in [6, 6.07) is 15.1. The van der Waals surface area contributed by atoms with Crippen LogP contribution in [0.25, 0.3) is 0 Å². The zero-order valence-corrected chi connectivity index (χ0v) is 21.2. The number of rotatable bonds is 13. The van der Waals surface area contributed by atoms with E-state index in [1.165, 1.54) is 4.90 Å². The van der Waals surface area contributed by atoms with E-state index in [1.807, 2.05) is 51.1 Å².